The SMILES string of the molecule is N=C(N)NCC/N=c1/cc2n(-c3ccc(O)cc3)c3ccccc3nc-2cc1Nc1ccc(O)cc1. The summed E-state index contributed by atoms with van der Waals surface area (Å²) in [5.74, 6) is 0.269. The van der Waals surface area contributed by atoms with Crippen LogP contribution in [0.25, 0.3) is 28.1 Å². The lowest BCUT2D eigenvalue weighted by molar-refractivity contribution is 0.475. The molecule has 1 heterocycles. The molecule has 5 rings (SSSR count). The third-order valence-corrected chi connectivity index (χ3v) is 5.66. The predicted octanol–water partition coefficient (Wildman–Crippen LogP) is 3.67. The zero-order valence-corrected chi connectivity index (χ0v) is 19.3. The van der Waals surface area contributed by atoms with Gasteiger partial charge in [-0.3, -0.25) is 10.4 Å². The van der Waals surface area contributed by atoms with Crippen molar-refractivity contribution in [3.8, 4) is 28.6 Å². The Hall–Kier alpha value is -5.05. The lowest BCUT2D eigenvalue weighted by Gasteiger charge is -2.20. The van der Waals surface area contributed by atoms with Crippen LogP contribution in [0.2, 0.25) is 0 Å². The highest BCUT2D eigenvalue weighted by Gasteiger charge is 2.16. The number of aromatic nitrogens is 2. The molecule has 0 saturated carbocycles. The van der Waals surface area contributed by atoms with Gasteiger partial charge in [-0.25, -0.2) is 4.98 Å². The van der Waals surface area contributed by atoms with Crippen LogP contribution >= 0.6 is 0 Å². The highest BCUT2D eigenvalue weighted by atomic mass is 16.3. The van der Waals surface area contributed by atoms with E-state index in [9.17, 15) is 10.2 Å². The van der Waals surface area contributed by atoms with Crippen molar-refractivity contribution in [2.45, 2.75) is 0 Å². The van der Waals surface area contributed by atoms with Crippen molar-refractivity contribution in [3.63, 3.8) is 0 Å². The van der Waals surface area contributed by atoms with E-state index in [2.05, 4.69) is 15.2 Å². The summed E-state index contributed by atoms with van der Waals surface area (Å²) in [6.07, 6.45) is 0. The van der Waals surface area contributed by atoms with Crippen molar-refractivity contribution in [1.29, 1.82) is 5.41 Å². The first-order valence-corrected chi connectivity index (χ1v) is 11.4. The van der Waals surface area contributed by atoms with E-state index in [1.807, 2.05) is 48.5 Å². The van der Waals surface area contributed by atoms with Crippen LogP contribution in [0.15, 0.2) is 89.9 Å². The average Bonchev–Trinajstić information content (AvgIpc) is 2.87. The van der Waals surface area contributed by atoms with Gasteiger partial charge in [-0.2, -0.15) is 0 Å². The molecule has 9 nitrogen and oxygen atoms in total. The van der Waals surface area contributed by atoms with Gasteiger partial charge in [0.1, 0.15) is 11.5 Å². The van der Waals surface area contributed by atoms with Crippen LogP contribution in [0.3, 0.4) is 0 Å². The van der Waals surface area contributed by atoms with E-state index in [0.29, 0.717) is 18.4 Å². The summed E-state index contributed by atoms with van der Waals surface area (Å²) < 4.78 is 2.09. The number of nitrogens with zero attached hydrogens (tertiary/aromatic N) is 3. The largest absolute Gasteiger partial charge is 0.508 e. The number of phenolic OH excluding ortho intramolecular Hbond substituents is 2. The Labute approximate surface area is 207 Å². The lowest BCUT2D eigenvalue weighted by Crippen LogP contribution is -2.32. The Bertz CT molecular complexity index is 1580. The number of para-hydroxylation sites is 2. The van der Waals surface area contributed by atoms with Crippen LogP contribution in [0.5, 0.6) is 11.5 Å². The molecule has 2 aliphatic rings. The molecule has 36 heavy (non-hydrogen) atoms. The second-order valence-corrected chi connectivity index (χ2v) is 8.20. The number of benzene rings is 4. The molecular weight excluding hydrogens is 454 g/mol. The third kappa shape index (κ3) is 4.76. The Balaban J connectivity index is 1.73. The summed E-state index contributed by atoms with van der Waals surface area (Å²) in [5, 5.41) is 33.7. The quantitative estimate of drug-likeness (QED) is 0.0721. The minimum Gasteiger partial charge on any atom is -0.508 e. The topological polar surface area (TPSA) is 145 Å². The second kappa shape index (κ2) is 9.67. The molecule has 3 aromatic carbocycles. The number of guanidine groups is 1. The number of hydrogen-bond donors (Lipinski definition) is 6. The number of aromatic hydroxyl groups is 2. The minimum atomic E-state index is -0.105. The van der Waals surface area contributed by atoms with Gasteiger partial charge in [-0.05, 0) is 72.8 Å². The van der Waals surface area contributed by atoms with E-state index in [1.165, 1.54) is 0 Å². The fourth-order valence-corrected chi connectivity index (χ4v) is 4.02. The molecular formula is C27H25N7O2. The highest BCUT2D eigenvalue weighted by Crippen LogP contribution is 2.31. The molecule has 1 aliphatic heterocycles. The monoisotopic (exact) mass is 479 g/mol. The lowest BCUT2D eigenvalue weighted by atomic mass is 10.1. The first kappa shape index (κ1) is 22.7. The molecule has 0 unspecified atom stereocenters. The standard InChI is InChI=1S/C27H25N7O2/c28-27(29)31-14-13-30-22-16-26-24(15-23(22)32-17-5-9-19(35)10-6-17)33-21-3-1-2-4-25(21)34(26)18-7-11-20(36)12-8-18/h1-12,15-16,32,35-36H,13-14H2,(H4,28,29,31)/b30-22-. The molecule has 0 spiro atoms. The first-order chi connectivity index (χ1) is 17.5. The Morgan fingerprint density at radius 2 is 1.64 bits per heavy atom. The number of nitrogens with one attached hydrogen (secondary N) is 3. The van der Waals surface area contributed by atoms with Crippen molar-refractivity contribution >= 4 is 28.4 Å². The Morgan fingerprint density at radius 1 is 0.944 bits per heavy atom. The van der Waals surface area contributed by atoms with Gasteiger partial charge < -0.3 is 31.1 Å². The maximum atomic E-state index is 9.84. The molecule has 0 radical (unpaired) electrons. The van der Waals surface area contributed by atoms with Crippen molar-refractivity contribution in [2.24, 2.45) is 10.7 Å². The first-order valence-electron chi connectivity index (χ1n) is 11.4. The number of fused-ring (bicyclic) bond motifs is 2. The van der Waals surface area contributed by atoms with E-state index >= 15 is 0 Å². The minimum absolute atomic E-state index is 0.105. The van der Waals surface area contributed by atoms with Gasteiger partial charge in [0, 0.05) is 17.9 Å². The van der Waals surface area contributed by atoms with E-state index < -0.39 is 0 Å². The van der Waals surface area contributed by atoms with Crippen LogP contribution in [0.4, 0.5) is 11.4 Å². The molecule has 0 fully saturated rings. The van der Waals surface area contributed by atoms with Crippen LogP contribution in [0, 0.1) is 5.41 Å². The number of phenols is 2. The number of nitrogens with two attached hydrogens (primary N) is 1. The van der Waals surface area contributed by atoms with Crippen LogP contribution in [0.1, 0.15) is 0 Å². The number of rotatable bonds is 6. The van der Waals surface area contributed by atoms with Gasteiger partial charge in [0.05, 0.1) is 40.0 Å². The van der Waals surface area contributed by atoms with Gasteiger partial charge in [0.15, 0.2) is 5.96 Å². The van der Waals surface area contributed by atoms with Crippen molar-refractivity contribution in [1.82, 2.24) is 14.9 Å². The Kier molecular flexibility index (Phi) is 6.10. The molecule has 0 amide bonds. The maximum Gasteiger partial charge on any atom is 0.185 e. The average molecular weight is 480 g/mol. The highest BCUT2D eigenvalue weighted by molar-refractivity contribution is 5.84. The van der Waals surface area contributed by atoms with Gasteiger partial charge in [0.2, 0.25) is 0 Å². The fourth-order valence-electron chi connectivity index (χ4n) is 4.02. The molecule has 180 valence electrons. The Morgan fingerprint density at radius 3 is 2.36 bits per heavy atom. The second-order valence-electron chi connectivity index (χ2n) is 8.20. The van der Waals surface area contributed by atoms with Crippen LogP contribution in [-0.4, -0.2) is 38.8 Å². The van der Waals surface area contributed by atoms with E-state index in [-0.39, 0.29) is 17.5 Å². The van der Waals surface area contributed by atoms with Gasteiger partial charge in [-0.1, -0.05) is 12.1 Å². The maximum absolute atomic E-state index is 9.84. The molecule has 0 saturated heterocycles. The molecule has 0 aromatic heterocycles. The number of hydrogen-bond acceptors (Lipinski definition) is 6. The molecule has 1 aliphatic carbocycles. The summed E-state index contributed by atoms with van der Waals surface area (Å²) in [5.41, 5.74) is 11.2. The van der Waals surface area contributed by atoms with E-state index in [4.69, 9.17) is 21.1 Å². The predicted molar refractivity (Wildman–Crippen MR) is 141 cm³/mol. The van der Waals surface area contributed by atoms with Crippen molar-refractivity contribution in [3.05, 3.63) is 90.3 Å². The van der Waals surface area contributed by atoms with E-state index in [1.54, 1.807) is 36.4 Å². The molecule has 7 N–H and O–H groups in total. The summed E-state index contributed by atoms with van der Waals surface area (Å²) in [6.45, 7) is 0.815. The molecule has 3 aromatic rings. The van der Waals surface area contributed by atoms with Crippen molar-refractivity contribution < 1.29 is 10.2 Å². The van der Waals surface area contributed by atoms with Gasteiger partial charge in [0.25, 0.3) is 0 Å². The number of anilines is 2. The van der Waals surface area contributed by atoms with Gasteiger partial charge >= 0.3 is 0 Å². The molecule has 0 bridgehead atoms. The van der Waals surface area contributed by atoms with E-state index in [0.717, 1.165) is 39.5 Å². The van der Waals surface area contributed by atoms with Crippen molar-refractivity contribution in [2.75, 3.05) is 18.4 Å². The summed E-state index contributed by atoms with van der Waals surface area (Å²) >= 11 is 0. The molecule has 9 heteroatoms. The third-order valence-electron chi connectivity index (χ3n) is 5.66. The zero-order chi connectivity index (χ0) is 25.1. The normalized spacial score (nSPS) is 11.6. The zero-order valence-electron chi connectivity index (χ0n) is 19.3. The van der Waals surface area contributed by atoms with Crippen LogP contribution in [-0.2, 0) is 0 Å². The van der Waals surface area contributed by atoms with Gasteiger partial charge in [-0.15, -0.1) is 0 Å². The van der Waals surface area contributed by atoms with Crippen LogP contribution < -0.4 is 21.7 Å². The summed E-state index contributed by atoms with van der Waals surface area (Å²) in [4.78, 5) is 9.67. The summed E-state index contributed by atoms with van der Waals surface area (Å²) in [7, 11) is 0. The molecule has 0 atom stereocenters. The summed E-state index contributed by atoms with van der Waals surface area (Å²) in [6, 6.07) is 25.6. The fraction of sp³-hybridized carbons (Fsp3) is 0.0741. The smallest absolute Gasteiger partial charge is 0.185 e.